The van der Waals surface area contributed by atoms with Gasteiger partial charge in [-0.3, -0.25) is 0 Å². The summed E-state index contributed by atoms with van der Waals surface area (Å²) in [6, 6.07) is 7.32. The predicted octanol–water partition coefficient (Wildman–Crippen LogP) is 2.61. The summed E-state index contributed by atoms with van der Waals surface area (Å²) in [5, 5.41) is 3.06. The molecule has 0 amide bonds. The van der Waals surface area contributed by atoms with E-state index < -0.39 is 10.0 Å². The Hall–Kier alpha value is -0.910. The molecule has 1 aromatic carbocycles. The molecule has 0 radical (unpaired) electrons. The van der Waals surface area contributed by atoms with Crippen LogP contribution in [0.2, 0.25) is 0 Å². The van der Waals surface area contributed by atoms with Crippen molar-refractivity contribution >= 4 is 10.0 Å². The summed E-state index contributed by atoms with van der Waals surface area (Å²) in [7, 11) is 0.222. The maximum atomic E-state index is 12.7. The molecule has 1 aromatic rings. The molecule has 0 saturated heterocycles. The number of hydrogen-bond acceptors (Lipinski definition) is 3. The second kappa shape index (κ2) is 6.90. The van der Waals surface area contributed by atoms with Crippen LogP contribution in [0, 0.1) is 5.92 Å². The van der Waals surface area contributed by atoms with Gasteiger partial charge in [-0.1, -0.05) is 19.1 Å². The first-order chi connectivity index (χ1) is 9.95. The maximum absolute atomic E-state index is 12.7. The number of nitrogens with zero attached hydrogens (tertiary/aromatic N) is 1. The van der Waals surface area contributed by atoms with Crippen LogP contribution < -0.4 is 5.32 Å². The highest BCUT2D eigenvalue weighted by molar-refractivity contribution is 7.89. The van der Waals surface area contributed by atoms with Crippen molar-refractivity contribution in [1.29, 1.82) is 0 Å². The SMILES string of the molecule is CNCc1ccc(S(=O)(=O)N(C)C2CCC(C)CC2)cc1. The summed E-state index contributed by atoms with van der Waals surface area (Å²) in [6.07, 6.45) is 4.17. The van der Waals surface area contributed by atoms with E-state index in [0.717, 1.165) is 43.7 Å². The summed E-state index contributed by atoms with van der Waals surface area (Å²) in [4.78, 5) is 0.392. The Kier molecular flexibility index (Phi) is 5.41. The number of rotatable bonds is 5. The van der Waals surface area contributed by atoms with Gasteiger partial charge in [0, 0.05) is 19.6 Å². The molecule has 0 aromatic heterocycles. The third-order valence-electron chi connectivity index (χ3n) is 4.48. The molecule has 118 valence electrons. The molecule has 21 heavy (non-hydrogen) atoms. The van der Waals surface area contributed by atoms with E-state index in [2.05, 4.69) is 12.2 Å². The fourth-order valence-electron chi connectivity index (χ4n) is 2.95. The first-order valence-corrected chi connectivity index (χ1v) is 9.10. The van der Waals surface area contributed by atoms with Crippen LogP contribution in [0.3, 0.4) is 0 Å². The molecule has 4 nitrogen and oxygen atoms in total. The van der Waals surface area contributed by atoms with Gasteiger partial charge in [-0.2, -0.15) is 4.31 Å². The predicted molar refractivity (Wildman–Crippen MR) is 85.6 cm³/mol. The lowest BCUT2D eigenvalue weighted by Gasteiger charge is -2.32. The van der Waals surface area contributed by atoms with Crippen LogP contribution in [0.25, 0.3) is 0 Å². The van der Waals surface area contributed by atoms with E-state index in [1.165, 1.54) is 0 Å². The van der Waals surface area contributed by atoms with Crippen molar-refractivity contribution in [3.8, 4) is 0 Å². The molecule has 0 heterocycles. The zero-order valence-corrected chi connectivity index (χ0v) is 14.0. The minimum atomic E-state index is -3.37. The Morgan fingerprint density at radius 3 is 2.24 bits per heavy atom. The van der Waals surface area contributed by atoms with Crippen molar-refractivity contribution in [1.82, 2.24) is 9.62 Å². The molecule has 0 spiro atoms. The lowest BCUT2D eigenvalue weighted by atomic mass is 9.87. The van der Waals surface area contributed by atoms with E-state index in [1.807, 2.05) is 19.2 Å². The fraction of sp³-hybridized carbons (Fsp3) is 0.625. The van der Waals surface area contributed by atoms with Crippen LogP contribution in [0.1, 0.15) is 38.2 Å². The molecule has 2 rings (SSSR count). The van der Waals surface area contributed by atoms with Crippen LogP contribution in [-0.2, 0) is 16.6 Å². The monoisotopic (exact) mass is 310 g/mol. The molecule has 1 fully saturated rings. The zero-order chi connectivity index (χ0) is 15.5. The van der Waals surface area contributed by atoms with E-state index in [9.17, 15) is 8.42 Å². The summed E-state index contributed by atoms with van der Waals surface area (Å²) >= 11 is 0. The fourth-order valence-corrected chi connectivity index (χ4v) is 4.37. The third-order valence-corrected chi connectivity index (χ3v) is 6.41. The molecule has 0 atom stereocenters. The Labute approximate surface area is 128 Å². The van der Waals surface area contributed by atoms with Crippen molar-refractivity contribution in [3.63, 3.8) is 0 Å². The van der Waals surface area contributed by atoms with Gasteiger partial charge in [-0.15, -0.1) is 0 Å². The minimum Gasteiger partial charge on any atom is -0.316 e. The van der Waals surface area contributed by atoms with Crippen LogP contribution in [0.4, 0.5) is 0 Å². The van der Waals surface area contributed by atoms with E-state index >= 15 is 0 Å². The van der Waals surface area contributed by atoms with Gasteiger partial charge in [0.2, 0.25) is 10.0 Å². The van der Waals surface area contributed by atoms with Crippen LogP contribution in [0.15, 0.2) is 29.2 Å². The highest BCUT2D eigenvalue weighted by Gasteiger charge is 2.30. The van der Waals surface area contributed by atoms with Gasteiger partial charge in [0.15, 0.2) is 0 Å². The second-order valence-electron chi connectivity index (χ2n) is 6.11. The van der Waals surface area contributed by atoms with Crippen molar-refractivity contribution in [2.45, 2.75) is 50.1 Å². The first kappa shape index (κ1) is 16.5. The molecule has 1 saturated carbocycles. The second-order valence-corrected chi connectivity index (χ2v) is 8.11. The first-order valence-electron chi connectivity index (χ1n) is 7.66. The third kappa shape index (κ3) is 3.84. The Bertz CT molecular complexity index is 546. The highest BCUT2D eigenvalue weighted by Crippen LogP contribution is 2.29. The molecular weight excluding hydrogens is 284 g/mol. The van der Waals surface area contributed by atoms with Crippen LogP contribution >= 0.6 is 0 Å². The number of benzene rings is 1. The lowest BCUT2D eigenvalue weighted by Crippen LogP contribution is -2.39. The van der Waals surface area contributed by atoms with Crippen molar-refractivity contribution in [2.24, 2.45) is 5.92 Å². The highest BCUT2D eigenvalue weighted by atomic mass is 32.2. The van der Waals surface area contributed by atoms with Gasteiger partial charge in [-0.05, 0) is 56.3 Å². The maximum Gasteiger partial charge on any atom is 0.243 e. The molecule has 1 N–H and O–H groups in total. The van der Waals surface area contributed by atoms with Gasteiger partial charge in [0.05, 0.1) is 4.90 Å². The van der Waals surface area contributed by atoms with Crippen molar-refractivity contribution in [2.75, 3.05) is 14.1 Å². The Morgan fingerprint density at radius 1 is 1.14 bits per heavy atom. The number of sulfonamides is 1. The molecule has 1 aliphatic rings. The van der Waals surface area contributed by atoms with Gasteiger partial charge < -0.3 is 5.32 Å². The molecule has 0 bridgehead atoms. The average molecular weight is 310 g/mol. The van der Waals surface area contributed by atoms with E-state index in [0.29, 0.717) is 4.90 Å². The van der Waals surface area contributed by atoms with E-state index in [-0.39, 0.29) is 6.04 Å². The largest absolute Gasteiger partial charge is 0.316 e. The molecule has 5 heteroatoms. The molecule has 1 aliphatic carbocycles. The Morgan fingerprint density at radius 2 is 1.71 bits per heavy atom. The molecule has 0 unspecified atom stereocenters. The quantitative estimate of drug-likeness (QED) is 0.909. The van der Waals surface area contributed by atoms with E-state index in [4.69, 9.17) is 0 Å². The van der Waals surface area contributed by atoms with E-state index in [1.54, 1.807) is 23.5 Å². The van der Waals surface area contributed by atoms with Gasteiger partial charge >= 0.3 is 0 Å². The van der Waals surface area contributed by atoms with Gasteiger partial charge in [0.25, 0.3) is 0 Å². The normalized spacial score (nSPS) is 23.4. The average Bonchev–Trinajstić information content (AvgIpc) is 2.48. The number of hydrogen-bond donors (Lipinski definition) is 1. The summed E-state index contributed by atoms with van der Waals surface area (Å²) < 4.78 is 27.0. The van der Waals surface area contributed by atoms with Crippen LogP contribution in [-0.4, -0.2) is 32.9 Å². The summed E-state index contributed by atoms with van der Waals surface area (Å²) in [6.45, 7) is 2.99. The van der Waals surface area contributed by atoms with Crippen LogP contribution in [0.5, 0.6) is 0 Å². The van der Waals surface area contributed by atoms with Gasteiger partial charge in [-0.25, -0.2) is 8.42 Å². The van der Waals surface area contributed by atoms with Crippen molar-refractivity contribution < 1.29 is 8.42 Å². The summed E-state index contributed by atoms with van der Waals surface area (Å²) in [5.74, 6) is 0.721. The summed E-state index contributed by atoms with van der Waals surface area (Å²) in [5.41, 5.74) is 1.09. The minimum absolute atomic E-state index is 0.142. The topological polar surface area (TPSA) is 49.4 Å². The van der Waals surface area contributed by atoms with Crippen molar-refractivity contribution in [3.05, 3.63) is 29.8 Å². The number of nitrogens with one attached hydrogen (secondary N) is 1. The Balaban J connectivity index is 2.13. The zero-order valence-electron chi connectivity index (χ0n) is 13.2. The van der Waals surface area contributed by atoms with Gasteiger partial charge in [0.1, 0.15) is 0 Å². The standard InChI is InChI=1S/C16H26N2O2S/c1-13-4-8-15(9-5-13)18(3)21(19,20)16-10-6-14(7-11-16)12-17-2/h6-7,10-11,13,15,17H,4-5,8-9,12H2,1-3H3. The molecular formula is C16H26N2O2S. The lowest BCUT2D eigenvalue weighted by molar-refractivity contribution is 0.246. The smallest absolute Gasteiger partial charge is 0.243 e. The molecule has 0 aliphatic heterocycles.